The second-order valence-corrected chi connectivity index (χ2v) is 8.90. The van der Waals surface area contributed by atoms with Crippen LogP contribution in [-0.4, -0.2) is 51.6 Å². The number of aromatic nitrogens is 6. The van der Waals surface area contributed by atoms with E-state index in [0.29, 0.717) is 9.59 Å². The lowest BCUT2D eigenvalue weighted by Gasteiger charge is -2.15. The van der Waals surface area contributed by atoms with Crippen molar-refractivity contribution in [3.8, 4) is 17.1 Å². The van der Waals surface area contributed by atoms with E-state index in [-0.39, 0.29) is 28.7 Å². The number of rotatable bonds is 7. The van der Waals surface area contributed by atoms with Crippen LogP contribution >= 0.6 is 11.6 Å². The van der Waals surface area contributed by atoms with Crippen LogP contribution in [-0.2, 0) is 19.3 Å². The standard InChI is InChI=1S/C23H19ClF6N6O3/c1-12(37)19-31-18(32-36(19)16-4-2-3-14(9-16)22(25,26)27)11-35-21(39)34(10-17(38)23(28,29)30)20(33-35)13-5-7-15(24)8-6-13/h2-9,12,17,37-38H,10-11H2,1H3/t12?,17-/m0/s1. The summed E-state index contributed by atoms with van der Waals surface area (Å²) in [6.45, 7) is -0.374. The molecule has 4 aromatic rings. The molecule has 0 spiro atoms. The van der Waals surface area contributed by atoms with Gasteiger partial charge in [0.25, 0.3) is 0 Å². The van der Waals surface area contributed by atoms with Gasteiger partial charge in [0, 0.05) is 10.6 Å². The van der Waals surface area contributed by atoms with Crippen LogP contribution in [0.1, 0.15) is 30.2 Å². The Labute approximate surface area is 220 Å². The van der Waals surface area contributed by atoms with Crippen molar-refractivity contribution in [1.82, 2.24) is 29.1 Å². The zero-order valence-corrected chi connectivity index (χ0v) is 20.6. The van der Waals surface area contributed by atoms with E-state index < -0.39 is 48.9 Å². The van der Waals surface area contributed by atoms with Gasteiger partial charge >= 0.3 is 18.0 Å². The van der Waals surface area contributed by atoms with Crippen molar-refractivity contribution in [2.24, 2.45) is 0 Å². The first kappa shape index (κ1) is 28.3. The van der Waals surface area contributed by atoms with Crippen molar-refractivity contribution in [3.05, 3.63) is 81.3 Å². The molecule has 0 amide bonds. The average Bonchev–Trinajstić information content (AvgIpc) is 3.41. The fourth-order valence-corrected chi connectivity index (χ4v) is 3.77. The summed E-state index contributed by atoms with van der Waals surface area (Å²) in [5.41, 5.74) is -1.87. The van der Waals surface area contributed by atoms with Crippen molar-refractivity contribution in [1.29, 1.82) is 0 Å². The molecule has 9 nitrogen and oxygen atoms in total. The lowest BCUT2D eigenvalue weighted by atomic mass is 10.2. The number of hydrogen-bond acceptors (Lipinski definition) is 6. The van der Waals surface area contributed by atoms with Gasteiger partial charge < -0.3 is 10.2 Å². The maximum Gasteiger partial charge on any atom is 0.416 e. The number of aliphatic hydroxyl groups is 2. The van der Waals surface area contributed by atoms with E-state index in [1.54, 1.807) is 0 Å². The molecular formula is C23H19ClF6N6O3. The Bertz CT molecular complexity index is 1530. The monoisotopic (exact) mass is 576 g/mol. The van der Waals surface area contributed by atoms with Gasteiger partial charge in [-0.15, -0.1) is 10.2 Å². The van der Waals surface area contributed by atoms with E-state index in [2.05, 4.69) is 15.2 Å². The van der Waals surface area contributed by atoms with Crippen LogP contribution in [0.25, 0.3) is 17.1 Å². The highest BCUT2D eigenvalue weighted by molar-refractivity contribution is 6.30. The Hall–Kier alpha value is -3.69. The summed E-state index contributed by atoms with van der Waals surface area (Å²) in [5, 5.41) is 28.3. The van der Waals surface area contributed by atoms with Crippen LogP contribution in [0, 0.1) is 0 Å². The molecule has 2 atom stereocenters. The predicted octanol–water partition coefficient (Wildman–Crippen LogP) is 3.99. The van der Waals surface area contributed by atoms with E-state index in [1.807, 2.05) is 0 Å². The van der Waals surface area contributed by atoms with Gasteiger partial charge in [-0.05, 0) is 49.4 Å². The second kappa shape index (κ2) is 10.5. The van der Waals surface area contributed by atoms with Crippen LogP contribution in [0.4, 0.5) is 26.3 Å². The second-order valence-electron chi connectivity index (χ2n) is 8.46. The number of nitrogens with zero attached hydrogens (tertiary/aromatic N) is 6. The van der Waals surface area contributed by atoms with Gasteiger partial charge in [-0.1, -0.05) is 17.7 Å². The molecule has 16 heteroatoms. The summed E-state index contributed by atoms with van der Waals surface area (Å²) in [6, 6.07) is 9.77. The Morgan fingerprint density at radius 2 is 1.67 bits per heavy atom. The first-order chi connectivity index (χ1) is 18.1. The Morgan fingerprint density at radius 3 is 2.26 bits per heavy atom. The molecule has 39 heavy (non-hydrogen) atoms. The van der Waals surface area contributed by atoms with Crippen molar-refractivity contribution in [3.63, 3.8) is 0 Å². The van der Waals surface area contributed by atoms with Crippen molar-refractivity contribution < 1.29 is 36.6 Å². The van der Waals surface area contributed by atoms with Crippen molar-refractivity contribution >= 4 is 11.6 Å². The number of alkyl halides is 6. The van der Waals surface area contributed by atoms with Gasteiger partial charge in [0.05, 0.1) is 17.8 Å². The van der Waals surface area contributed by atoms with E-state index in [4.69, 9.17) is 11.6 Å². The molecule has 0 bridgehead atoms. The Morgan fingerprint density at radius 1 is 1.00 bits per heavy atom. The van der Waals surface area contributed by atoms with Gasteiger partial charge in [-0.2, -0.15) is 26.3 Å². The Balaban J connectivity index is 1.77. The maximum atomic E-state index is 13.2. The van der Waals surface area contributed by atoms with Crippen LogP contribution in [0.15, 0.2) is 53.3 Å². The zero-order valence-electron chi connectivity index (χ0n) is 19.8. The first-order valence-corrected chi connectivity index (χ1v) is 11.5. The third-order valence-corrected chi connectivity index (χ3v) is 5.77. The summed E-state index contributed by atoms with van der Waals surface area (Å²) in [7, 11) is 0. The minimum absolute atomic E-state index is 0.0764. The van der Waals surface area contributed by atoms with Gasteiger partial charge in [-0.3, -0.25) is 4.57 Å². The molecular weight excluding hydrogens is 558 g/mol. The van der Waals surface area contributed by atoms with Crippen molar-refractivity contribution in [2.75, 3.05) is 0 Å². The molecule has 0 saturated heterocycles. The predicted molar refractivity (Wildman–Crippen MR) is 125 cm³/mol. The zero-order chi connectivity index (χ0) is 28.7. The van der Waals surface area contributed by atoms with E-state index in [1.165, 1.54) is 37.3 Å². The SMILES string of the molecule is CC(O)c1nc(Cn2nc(-c3ccc(Cl)cc3)n(C[C@H](O)C(F)(F)F)c2=O)nn1-c1cccc(C(F)(F)F)c1. The first-order valence-electron chi connectivity index (χ1n) is 11.1. The summed E-state index contributed by atoms with van der Waals surface area (Å²) in [6.07, 6.45) is -13.8. The number of halogens is 7. The third-order valence-electron chi connectivity index (χ3n) is 5.52. The van der Waals surface area contributed by atoms with Gasteiger partial charge in [0.2, 0.25) is 0 Å². The molecule has 2 heterocycles. The lowest BCUT2D eigenvalue weighted by Crippen LogP contribution is -2.37. The highest BCUT2D eigenvalue weighted by Crippen LogP contribution is 2.31. The highest BCUT2D eigenvalue weighted by Gasteiger charge is 2.39. The molecule has 0 saturated carbocycles. The summed E-state index contributed by atoms with van der Waals surface area (Å²) in [4.78, 5) is 17.2. The smallest absolute Gasteiger partial charge is 0.385 e. The topological polar surface area (TPSA) is 111 Å². The molecule has 1 unspecified atom stereocenters. The lowest BCUT2D eigenvalue weighted by molar-refractivity contribution is -0.207. The summed E-state index contributed by atoms with van der Waals surface area (Å²) in [5.74, 6) is -0.538. The highest BCUT2D eigenvalue weighted by atomic mass is 35.5. The molecule has 0 aliphatic heterocycles. The maximum absolute atomic E-state index is 13.2. The Kier molecular flexibility index (Phi) is 7.60. The van der Waals surface area contributed by atoms with Crippen LogP contribution in [0.3, 0.4) is 0 Å². The molecule has 0 aliphatic rings. The quantitative estimate of drug-likeness (QED) is 0.322. The van der Waals surface area contributed by atoms with Crippen LogP contribution in [0.2, 0.25) is 5.02 Å². The number of hydrogen-bond donors (Lipinski definition) is 2. The van der Waals surface area contributed by atoms with E-state index in [9.17, 15) is 41.4 Å². The summed E-state index contributed by atoms with van der Waals surface area (Å²) >= 11 is 5.87. The summed E-state index contributed by atoms with van der Waals surface area (Å²) < 4.78 is 81.2. The molecule has 0 fully saturated rings. The van der Waals surface area contributed by atoms with Crippen LogP contribution in [0.5, 0.6) is 0 Å². The number of benzene rings is 2. The molecule has 2 aromatic heterocycles. The van der Waals surface area contributed by atoms with Crippen molar-refractivity contribution in [2.45, 2.75) is 44.6 Å². The van der Waals surface area contributed by atoms with Gasteiger partial charge in [0.1, 0.15) is 12.6 Å². The minimum atomic E-state index is -5.02. The van der Waals surface area contributed by atoms with Gasteiger partial charge in [-0.25, -0.2) is 19.1 Å². The fraction of sp³-hybridized carbons (Fsp3) is 0.304. The molecule has 2 aromatic carbocycles. The molecule has 0 radical (unpaired) electrons. The largest absolute Gasteiger partial charge is 0.416 e. The van der Waals surface area contributed by atoms with Crippen LogP contribution < -0.4 is 5.69 Å². The molecule has 4 rings (SSSR count). The molecule has 2 N–H and O–H groups in total. The fourth-order valence-electron chi connectivity index (χ4n) is 3.64. The van der Waals surface area contributed by atoms with Gasteiger partial charge in [0.15, 0.2) is 23.6 Å². The number of aliphatic hydroxyl groups excluding tert-OH is 2. The third kappa shape index (κ3) is 6.15. The molecule has 0 aliphatic carbocycles. The minimum Gasteiger partial charge on any atom is -0.385 e. The van der Waals surface area contributed by atoms with E-state index in [0.717, 1.165) is 27.6 Å². The molecule has 208 valence electrons. The normalized spacial score (nSPS) is 14.0. The van der Waals surface area contributed by atoms with E-state index >= 15 is 0 Å². The average molecular weight is 577 g/mol.